The Bertz CT molecular complexity index is 908. The van der Waals surface area contributed by atoms with E-state index in [4.69, 9.17) is 13.9 Å². The summed E-state index contributed by atoms with van der Waals surface area (Å²) in [5.74, 6) is -0.147. The van der Waals surface area contributed by atoms with Crippen LogP contribution >= 0.6 is 0 Å². The van der Waals surface area contributed by atoms with Crippen LogP contribution in [-0.4, -0.2) is 32.3 Å². The van der Waals surface area contributed by atoms with Crippen molar-refractivity contribution in [2.75, 3.05) is 0 Å². The molecule has 23 heavy (non-hydrogen) atoms. The van der Waals surface area contributed by atoms with Gasteiger partial charge in [0.15, 0.2) is 0 Å². The highest BCUT2D eigenvalue weighted by Gasteiger charge is 2.27. The maximum Gasteiger partial charge on any atom is 0.338 e. The molecular weight excluding hydrogens is 346 g/mol. The minimum absolute atomic E-state index is 0.0731. The molecule has 0 saturated carbocycles. The van der Waals surface area contributed by atoms with E-state index in [2.05, 4.69) is 5.16 Å². The summed E-state index contributed by atoms with van der Waals surface area (Å²) in [7, 11) is -8.70. The van der Waals surface area contributed by atoms with Gasteiger partial charge in [-0.05, 0) is 31.2 Å². The van der Waals surface area contributed by atoms with Crippen LogP contribution in [-0.2, 0) is 24.4 Å². The van der Waals surface area contributed by atoms with Crippen molar-refractivity contribution in [1.82, 2.24) is 0 Å². The Morgan fingerprint density at radius 3 is 2.22 bits per heavy atom. The largest absolute Gasteiger partial charge is 0.411 e. The molecule has 0 atom stereocenters. The standard InChI is InChI=1S/C13H13NO7S2/c1-9-2-5-11(6-3-9)23(19,20)21-10-4-7-13(22(16,17)18)12(8-10)14-15/h2-7,15H,8H2,1H3,(H,16,17,18). The molecule has 1 aromatic rings. The summed E-state index contributed by atoms with van der Waals surface area (Å²) in [6.07, 6.45) is 1.56. The molecule has 0 spiro atoms. The summed E-state index contributed by atoms with van der Waals surface area (Å²) in [6, 6.07) is 5.94. The molecule has 0 radical (unpaired) electrons. The molecule has 1 aliphatic carbocycles. The molecule has 0 aliphatic heterocycles. The summed E-state index contributed by atoms with van der Waals surface area (Å²) < 4.78 is 60.4. The van der Waals surface area contributed by atoms with E-state index in [9.17, 15) is 16.8 Å². The molecule has 10 heteroatoms. The highest BCUT2D eigenvalue weighted by molar-refractivity contribution is 7.90. The van der Waals surface area contributed by atoms with Crippen LogP contribution in [0.2, 0.25) is 0 Å². The van der Waals surface area contributed by atoms with Crippen molar-refractivity contribution < 1.29 is 30.8 Å². The van der Waals surface area contributed by atoms with E-state index in [1.165, 1.54) is 12.1 Å². The average molecular weight is 359 g/mol. The van der Waals surface area contributed by atoms with Gasteiger partial charge in [-0.3, -0.25) is 4.55 Å². The molecule has 0 heterocycles. The molecule has 0 fully saturated rings. The van der Waals surface area contributed by atoms with E-state index in [1.54, 1.807) is 19.1 Å². The van der Waals surface area contributed by atoms with Gasteiger partial charge in [-0.2, -0.15) is 16.8 Å². The van der Waals surface area contributed by atoms with Crippen molar-refractivity contribution in [3.05, 3.63) is 52.6 Å². The Morgan fingerprint density at radius 2 is 1.70 bits per heavy atom. The lowest BCUT2D eigenvalue weighted by Gasteiger charge is -2.15. The normalized spacial score (nSPS) is 17.6. The lowest BCUT2D eigenvalue weighted by Crippen LogP contribution is -2.18. The summed E-state index contributed by atoms with van der Waals surface area (Å²) in [5.41, 5.74) is 0.445. The fourth-order valence-corrected chi connectivity index (χ4v) is 3.46. The quantitative estimate of drug-likeness (QED) is 0.361. The Morgan fingerprint density at radius 1 is 1.09 bits per heavy atom. The number of rotatable bonds is 4. The van der Waals surface area contributed by atoms with Crippen molar-refractivity contribution >= 4 is 25.9 Å². The van der Waals surface area contributed by atoms with Gasteiger partial charge in [0.25, 0.3) is 10.1 Å². The first kappa shape index (κ1) is 17.2. The Labute approximate surface area is 133 Å². The van der Waals surface area contributed by atoms with Gasteiger partial charge in [-0.15, -0.1) is 0 Å². The smallest absolute Gasteiger partial charge is 0.338 e. The van der Waals surface area contributed by atoms with Gasteiger partial charge in [0.1, 0.15) is 21.3 Å². The third-order valence-electron chi connectivity index (χ3n) is 2.97. The van der Waals surface area contributed by atoms with Crippen LogP contribution in [0.5, 0.6) is 0 Å². The van der Waals surface area contributed by atoms with Gasteiger partial charge in [0, 0.05) is 0 Å². The molecule has 2 N–H and O–H groups in total. The van der Waals surface area contributed by atoms with Crippen molar-refractivity contribution in [2.24, 2.45) is 5.16 Å². The van der Waals surface area contributed by atoms with Crippen LogP contribution < -0.4 is 0 Å². The van der Waals surface area contributed by atoms with Crippen molar-refractivity contribution in [3.63, 3.8) is 0 Å². The number of hydrogen-bond acceptors (Lipinski definition) is 7. The zero-order valence-corrected chi connectivity index (χ0v) is 13.5. The third-order valence-corrected chi connectivity index (χ3v) is 5.18. The second-order valence-corrected chi connectivity index (χ2v) is 7.65. The van der Waals surface area contributed by atoms with Crippen molar-refractivity contribution in [1.29, 1.82) is 0 Å². The van der Waals surface area contributed by atoms with Crippen LogP contribution in [0, 0.1) is 6.92 Å². The first-order valence-electron chi connectivity index (χ1n) is 6.24. The van der Waals surface area contributed by atoms with Crippen LogP contribution in [0.15, 0.2) is 57.1 Å². The molecule has 0 unspecified atom stereocenters. The van der Waals surface area contributed by atoms with Crippen LogP contribution in [0.1, 0.15) is 12.0 Å². The van der Waals surface area contributed by atoms with E-state index in [0.717, 1.165) is 17.7 Å². The molecular formula is C13H13NO7S2. The number of oxime groups is 1. The second-order valence-electron chi connectivity index (χ2n) is 4.71. The molecule has 124 valence electrons. The summed E-state index contributed by atoms with van der Waals surface area (Å²) in [6.45, 7) is 1.80. The summed E-state index contributed by atoms with van der Waals surface area (Å²) in [4.78, 5) is -0.698. The van der Waals surface area contributed by atoms with Gasteiger partial charge in [0.05, 0.1) is 6.42 Å². The SMILES string of the molecule is Cc1ccc(S(=O)(=O)OC2=CC=C(S(=O)(=O)O)C(=NO)C2)cc1. The summed E-state index contributed by atoms with van der Waals surface area (Å²) >= 11 is 0. The number of hydrogen-bond donors (Lipinski definition) is 2. The first-order chi connectivity index (χ1) is 10.6. The fraction of sp³-hybridized carbons (Fsp3) is 0.154. The highest BCUT2D eigenvalue weighted by atomic mass is 32.2. The first-order valence-corrected chi connectivity index (χ1v) is 9.09. The fourth-order valence-electron chi connectivity index (χ4n) is 1.85. The number of benzene rings is 1. The van der Waals surface area contributed by atoms with Crippen LogP contribution in [0.25, 0.3) is 0 Å². The van der Waals surface area contributed by atoms with E-state index in [-0.39, 0.29) is 10.7 Å². The maximum atomic E-state index is 12.1. The van der Waals surface area contributed by atoms with Gasteiger partial charge >= 0.3 is 10.1 Å². The monoisotopic (exact) mass is 359 g/mol. The highest BCUT2D eigenvalue weighted by Crippen LogP contribution is 2.24. The molecule has 1 aliphatic rings. The van der Waals surface area contributed by atoms with E-state index in [0.29, 0.717) is 0 Å². The molecule has 0 saturated heterocycles. The lowest BCUT2D eigenvalue weighted by atomic mass is 10.1. The Kier molecular flexibility index (Phi) is 4.59. The summed E-state index contributed by atoms with van der Waals surface area (Å²) in [5, 5.41) is 11.6. The molecule has 0 amide bonds. The van der Waals surface area contributed by atoms with E-state index < -0.39 is 37.3 Å². The van der Waals surface area contributed by atoms with Gasteiger partial charge < -0.3 is 9.39 Å². The maximum absolute atomic E-state index is 12.1. The van der Waals surface area contributed by atoms with Crippen LogP contribution in [0.3, 0.4) is 0 Å². The van der Waals surface area contributed by atoms with Gasteiger partial charge in [-0.1, -0.05) is 22.9 Å². The minimum atomic E-state index is -4.59. The molecule has 8 nitrogen and oxygen atoms in total. The number of nitrogens with zero attached hydrogens (tertiary/aromatic N) is 1. The van der Waals surface area contributed by atoms with Gasteiger partial charge in [-0.25, -0.2) is 0 Å². The molecule has 2 rings (SSSR count). The molecule has 1 aromatic carbocycles. The Balaban J connectivity index is 2.32. The second kappa shape index (κ2) is 6.14. The van der Waals surface area contributed by atoms with Gasteiger partial charge in [0.2, 0.25) is 0 Å². The molecule has 0 aromatic heterocycles. The topological polar surface area (TPSA) is 130 Å². The zero-order chi connectivity index (χ0) is 17.3. The zero-order valence-electron chi connectivity index (χ0n) is 11.9. The average Bonchev–Trinajstić information content (AvgIpc) is 2.46. The van der Waals surface area contributed by atoms with E-state index in [1.807, 2.05) is 0 Å². The predicted molar refractivity (Wildman–Crippen MR) is 81.0 cm³/mol. The number of allylic oxidation sites excluding steroid dienone is 4. The minimum Gasteiger partial charge on any atom is -0.411 e. The Hall–Kier alpha value is -2.17. The van der Waals surface area contributed by atoms with Crippen molar-refractivity contribution in [2.45, 2.75) is 18.2 Å². The van der Waals surface area contributed by atoms with E-state index >= 15 is 0 Å². The number of aryl methyl sites for hydroxylation is 1. The predicted octanol–water partition coefficient (Wildman–Crippen LogP) is 1.59. The van der Waals surface area contributed by atoms with Crippen LogP contribution in [0.4, 0.5) is 0 Å². The lowest BCUT2D eigenvalue weighted by molar-refractivity contribution is 0.316. The third kappa shape index (κ3) is 3.97. The van der Waals surface area contributed by atoms with Crippen molar-refractivity contribution in [3.8, 4) is 0 Å². The molecule has 0 bridgehead atoms.